The number of hydrogen-bond acceptors (Lipinski definition) is 4. The van der Waals surface area contributed by atoms with Crippen LogP contribution in [0.15, 0.2) is 36.7 Å². The molecular weight excluding hydrogens is 274 g/mol. The lowest BCUT2D eigenvalue weighted by Gasteiger charge is -2.11. The number of benzene rings is 1. The molecule has 0 aliphatic heterocycles. The van der Waals surface area contributed by atoms with Crippen LogP contribution in [0.4, 0.5) is 5.82 Å². The van der Waals surface area contributed by atoms with E-state index in [4.69, 9.17) is 0 Å². The largest absolute Gasteiger partial charge is 0.370 e. The van der Waals surface area contributed by atoms with Crippen molar-refractivity contribution in [2.75, 3.05) is 11.9 Å². The van der Waals surface area contributed by atoms with E-state index in [9.17, 15) is 0 Å². The van der Waals surface area contributed by atoms with E-state index in [1.54, 1.807) is 22.0 Å². The summed E-state index contributed by atoms with van der Waals surface area (Å²) in [6.45, 7) is 2.98. The van der Waals surface area contributed by atoms with Gasteiger partial charge in [-0.15, -0.1) is 0 Å². The van der Waals surface area contributed by atoms with Crippen LogP contribution < -0.4 is 5.32 Å². The number of aryl methyl sites for hydroxylation is 1. The summed E-state index contributed by atoms with van der Waals surface area (Å²) in [5.41, 5.74) is 4.08. The molecule has 0 bridgehead atoms. The summed E-state index contributed by atoms with van der Waals surface area (Å²) in [4.78, 5) is 8.55. The van der Waals surface area contributed by atoms with Crippen LogP contribution in [0.25, 0.3) is 5.78 Å². The van der Waals surface area contributed by atoms with Gasteiger partial charge in [-0.1, -0.05) is 24.3 Å². The summed E-state index contributed by atoms with van der Waals surface area (Å²) in [6.07, 6.45) is 2.79. The summed E-state index contributed by atoms with van der Waals surface area (Å²) in [6, 6.07) is 10.9. The molecule has 5 rings (SSSR count). The van der Waals surface area contributed by atoms with Gasteiger partial charge in [-0.05, 0) is 42.2 Å². The van der Waals surface area contributed by atoms with E-state index in [1.807, 2.05) is 13.0 Å². The molecule has 0 saturated heterocycles. The molecule has 5 nitrogen and oxygen atoms in total. The maximum atomic E-state index is 4.38. The van der Waals surface area contributed by atoms with Crippen LogP contribution in [0.5, 0.6) is 0 Å². The Bertz CT molecular complexity index is 868. The minimum absolute atomic E-state index is 0.656. The first-order chi connectivity index (χ1) is 10.8. The van der Waals surface area contributed by atoms with Gasteiger partial charge in [-0.2, -0.15) is 14.6 Å². The van der Waals surface area contributed by atoms with Gasteiger partial charge in [0.2, 0.25) is 0 Å². The van der Waals surface area contributed by atoms with E-state index in [-0.39, 0.29) is 0 Å². The summed E-state index contributed by atoms with van der Waals surface area (Å²) in [7, 11) is 0. The Balaban J connectivity index is 1.36. The fraction of sp³-hybridized carbons (Fsp3) is 0.353. The molecule has 3 aromatic rings. The van der Waals surface area contributed by atoms with Crippen molar-refractivity contribution >= 4 is 11.6 Å². The van der Waals surface area contributed by atoms with Crippen molar-refractivity contribution in [1.29, 1.82) is 0 Å². The second-order valence-corrected chi connectivity index (χ2v) is 6.39. The van der Waals surface area contributed by atoms with E-state index in [2.05, 4.69) is 44.6 Å². The molecule has 2 aliphatic rings. The lowest BCUT2D eigenvalue weighted by molar-refractivity contribution is 0.715. The van der Waals surface area contributed by atoms with Gasteiger partial charge in [0.05, 0.1) is 0 Å². The van der Waals surface area contributed by atoms with E-state index in [0.717, 1.165) is 35.8 Å². The molecule has 0 radical (unpaired) electrons. The zero-order chi connectivity index (χ0) is 14.7. The zero-order valence-electron chi connectivity index (χ0n) is 12.4. The monoisotopic (exact) mass is 291 g/mol. The van der Waals surface area contributed by atoms with Gasteiger partial charge < -0.3 is 5.32 Å². The smallest absolute Gasteiger partial charge is 0.254 e. The van der Waals surface area contributed by atoms with Crippen molar-refractivity contribution in [3.63, 3.8) is 0 Å². The van der Waals surface area contributed by atoms with Gasteiger partial charge in [0, 0.05) is 18.3 Å². The Hall–Kier alpha value is -2.43. The van der Waals surface area contributed by atoms with Crippen molar-refractivity contribution < 1.29 is 0 Å². The predicted molar refractivity (Wildman–Crippen MR) is 83.9 cm³/mol. The quantitative estimate of drug-likeness (QED) is 0.805. The SMILES string of the molecule is Cc1cc(NCC2C3Cc4ccccc4C23)n2ncnc2n1. The Morgan fingerprint density at radius 3 is 3.18 bits per heavy atom. The van der Waals surface area contributed by atoms with Gasteiger partial charge in [0.25, 0.3) is 5.78 Å². The standard InChI is InChI=1S/C17H17N5/c1-10-6-15(22-17(21-10)19-9-20-22)18-8-14-13-7-11-4-2-3-5-12(11)16(13)14/h2-6,9,13-14,16,18H,7-8H2,1H3. The average Bonchev–Trinajstić information content (AvgIpc) is 2.88. The molecule has 22 heavy (non-hydrogen) atoms. The van der Waals surface area contributed by atoms with Gasteiger partial charge in [-0.25, -0.2) is 4.98 Å². The molecule has 2 heterocycles. The number of anilines is 1. The number of rotatable bonds is 3. The van der Waals surface area contributed by atoms with Crippen LogP contribution in [0.1, 0.15) is 22.7 Å². The van der Waals surface area contributed by atoms with Crippen LogP contribution in [0, 0.1) is 18.8 Å². The third-order valence-electron chi connectivity index (χ3n) is 5.10. The maximum absolute atomic E-state index is 4.38. The molecule has 5 heteroatoms. The van der Waals surface area contributed by atoms with Crippen molar-refractivity contribution in [2.45, 2.75) is 19.3 Å². The van der Waals surface area contributed by atoms with Crippen LogP contribution in [-0.2, 0) is 6.42 Å². The lowest BCUT2D eigenvalue weighted by Crippen LogP contribution is -2.12. The third kappa shape index (κ3) is 1.68. The fourth-order valence-electron chi connectivity index (χ4n) is 4.04. The molecule has 3 unspecified atom stereocenters. The first-order valence-corrected chi connectivity index (χ1v) is 7.80. The van der Waals surface area contributed by atoms with Gasteiger partial charge >= 0.3 is 0 Å². The number of hydrogen-bond donors (Lipinski definition) is 1. The first-order valence-electron chi connectivity index (χ1n) is 7.80. The second-order valence-electron chi connectivity index (χ2n) is 6.39. The number of fused-ring (bicyclic) bond motifs is 4. The van der Waals surface area contributed by atoms with Crippen LogP contribution in [-0.4, -0.2) is 26.1 Å². The van der Waals surface area contributed by atoms with Gasteiger partial charge in [-0.3, -0.25) is 0 Å². The molecule has 1 fully saturated rings. The van der Waals surface area contributed by atoms with Crippen molar-refractivity contribution in [3.8, 4) is 0 Å². The third-order valence-corrected chi connectivity index (χ3v) is 5.10. The average molecular weight is 291 g/mol. The lowest BCUT2D eigenvalue weighted by atomic mass is 10.0. The molecule has 1 N–H and O–H groups in total. The van der Waals surface area contributed by atoms with Crippen molar-refractivity contribution in [1.82, 2.24) is 19.6 Å². The second kappa shape index (κ2) is 4.29. The Morgan fingerprint density at radius 1 is 1.32 bits per heavy atom. The Morgan fingerprint density at radius 2 is 2.23 bits per heavy atom. The molecule has 2 aromatic heterocycles. The molecule has 1 aromatic carbocycles. The van der Waals surface area contributed by atoms with Crippen LogP contribution >= 0.6 is 0 Å². The summed E-state index contributed by atoms with van der Waals surface area (Å²) >= 11 is 0. The highest BCUT2D eigenvalue weighted by atomic mass is 15.3. The highest BCUT2D eigenvalue weighted by molar-refractivity contribution is 5.47. The number of nitrogens with one attached hydrogen (secondary N) is 1. The predicted octanol–water partition coefficient (Wildman–Crippen LogP) is 2.43. The normalized spacial score (nSPS) is 25.0. The topological polar surface area (TPSA) is 55.1 Å². The zero-order valence-corrected chi connectivity index (χ0v) is 12.4. The van der Waals surface area contributed by atoms with Crippen LogP contribution in [0.2, 0.25) is 0 Å². The fourth-order valence-corrected chi connectivity index (χ4v) is 4.04. The van der Waals surface area contributed by atoms with E-state index in [1.165, 1.54) is 6.42 Å². The van der Waals surface area contributed by atoms with Gasteiger partial charge in [0.15, 0.2) is 0 Å². The maximum Gasteiger partial charge on any atom is 0.254 e. The molecule has 2 aliphatic carbocycles. The first kappa shape index (κ1) is 12.1. The highest BCUT2D eigenvalue weighted by Gasteiger charge is 2.54. The summed E-state index contributed by atoms with van der Waals surface area (Å²) in [5.74, 6) is 3.95. The highest BCUT2D eigenvalue weighted by Crippen LogP contribution is 2.61. The van der Waals surface area contributed by atoms with E-state index in [0.29, 0.717) is 5.78 Å². The van der Waals surface area contributed by atoms with E-state index >= 15 is 0 Å². The van der Waals surface area contributed by atoms with Crippen molar-refractivity contribution in [2.24, 2.45) is 11.8 Å². The molecule has 0 spiro atoms. The summed E-state index contributed by atoms with van der Waals surface area (Å²) in [5, 5.41) is 7.80. The number of aromatic nitrogens is 4. The minimum atomic E-state index is 0.656. The minimum Gasteiger partial charge on any atom is -0.370 e. The van der Waals surface area contributed by atoms with E-state index < -0.39 is 0 Å². The molecule has 3 atom stereocenters. The molecule has 0 amide bonds. The Labute approximate surface area is 128 Å². The Kier molecular flexibility index (Phi) is 2.37. The molecular formula is C17H17N5. The number of nitrogens with zero attached hydrogens (tertiary/aromatic N) is 4. The molecule has 110 valence electrons. The van der Waals surface area contributed by atoms with Crippen LogP contribution in [0.3, 0.4) is 0 Å². The summed E-state index contributed by atoms with van der Waals surface area (Å²) < 4.78 is 1.78. The molecule has 1 saturated carbocycles. The van der Waals surface area contributed by atoms with Gasteiger partial charge in [0.1, 0.15) is 12.1 Å². The van der Waals surface area contributed by atoms with Crippen molar-refractivity contribution in [3.05, 3.63) is 53.5 Å².